The fourth-order valence-electron chi connectivity index (χ4n) is 0.873. The highest BCUT2D eigenvalue weighted by Crippen LogP contribution is 2.07. The first-order chi connectivity index (χ1) is 6.63. The number of carboxylic acid groups (broad SMARTS) is 1. The third-order valence-electron chi connectivity index (χ3n) is 1.56. The Bertz CT molecular complexity index is 412. The number of aliphatic carboxylic acids is 1. The number of benzene rings is 1. The van der Waals surface area contributed by atoms with Gasteiger partial charge in [-0.15, -0.1) is 0 Å². The molecule has 14 heavy (non-hydrogen) atoms. The van der Waals surface area contributed by atoms with Crippen molar-refractivity contribution < 1.29 is 15.0 Å². The smallest absolute Gasteiger partial charge is 0.370 e. The molecular weight excluding hydrogens is 182 g/mol. The van der Waals surface area contributed by atoms with Crippen LogP contribution in [-0.2, 0) is 4.79 Å². The summed E-state index contributed by atoms with van der Waals surface area (Å²) in [4.78, 5) is 10.3. The predicted octanol–water partition coefficient (Wildman–Crippen LogP) is 1.54. The highest BCUT2D eigenvalue weighted by Gasteiger charge is 2.02. The lowest BCUT2D eigenvalue weighted by Crippen LogP contribution is -1.98. The topological polar surface area (TPSA) is 81.3 Å². The average Bonchev–Trinajstić information content (AvgIpc) is 2.19. The van der Waals surface area contributed by atoms with Crippen molar-refractivity contribution in [2.24, 2.45) is 0 Å². The molecule has 4 heteroatoms. The van der Waals surface area contributed by atoms with E-state index in [1.165, 1.54) is 0 Å². The molecule has 1 aromatic carbocycles. The van der Waals surface area contributed by atoms with Crippen molar-refractivity contribution in [2.75, 3.05) is 0 Å². The number of hydrogen-bond acceptors (Lipinski definition) is 3. The lowest BCUT2D eigenvalue weighted by atomic mass is 10.1. The molecule has 0 aliphatic rings. The van der Waals surface area contributed by atoms with Crippen molar-refractivity contribution in [3.63, 3.8) is 0 Å². The molecule has 0 amide bonds. The fourth-order valence-corrected chi connectivity index (χ4v) is 0.873. The standard InChI is InChI=1S/C10H7NO3/c11-6-8-3-1-7(2-4-8)5-9(12)10(13)14/h1-5,12H,(H,13,14). The fraction of sp³-hybridized carbons (Fsp3) is 0. The molecule has 0 bridgehead atoms. The van der Waals surface area contributed by atoms with E-state index in [4.69, 9.17) is 15.5 Å². The highest BCUT2D eigenvalue weighted by molar-refractivity contribution is 5.89. The van der Waals surface area contributed by atoms with Crippen LogP contribution >= 0.6 is 0 Å². The van der Waals surface area contributed by atoms with E-state index in [9.17, 15) is 4.79 Å². The van der Waals surface area contributed by atoms with Gasteiger partial charge in [0.25, 0.3) is 0 Å². The summed E-state index contributed by atoms with van der Waals surface area (Å²) in [6, 6.07) is 8.12. The Morgan fingerprint density at radius 1 is 1.29 bits per heavy atom. The van der Waals surface area contributed by atoms with Gasteiger partial charge >= 0.3 is 5.97 Å². The average molecular weight is 189 g/mol. The molecule has 1 aromatic rings. The number of nitrogens with zero attached hydrogens (tertiary/aromatic N) is 1. The zero-order valence-electron chi connectivity index (χ0n) is 7.14. The Labute approximate surface area is 80.3 Å². The molecule has 1 rings (SSSR count). The highest BCUT2D eigenvalue weighted by atomic mass is 16.4. The second kappa shape index (κ2) is 4.10. The first-order valence-corrected chi connectivity index (χ1v) is 3.77. The van der Waals surface area contributed by atoms with Gasteiger partial charge in [0.2, 0.25) is 5.76 Å². The van der Waals surface area contributed by atoms with E-state index in [1.54, 1.807) is 24.3 Å². The molecule has 0 saturated carbocycles. The van der Waals surface area contributed by atoms with Crippen LogP contribution in [0.2, 0.25) is 0 Å². The minimum absolute atomic E-state index is 0.483. The Hall–Kier alpha value is -2.28. The molecule has 4 nitrogen and oxygen atoms in total. The molecule has 0 heterocycles. The SMILES string of the molecule is N#Cc1ccc(C=C(O)C(=O)O)cc1. The largest absolute Gasteiger partial charge is 0.502 e. The van der Waals surface area contributed by atoms with E-state index >= 15 is 0 Å². The van der Waals surface area contributed by atoms with E-state index in [0.29, 0.717) is 11.1 Å². The van der Waals surface area contributed by atoms with E-state index in [2.05, 4.69) is 0 Å². The van der Waals surface area contributed by atoms with Crippen LogP contribution in [0.4, 0.5) is 0 Å². The Morgan fingerprint density at radius 2 is 1.86 bits per heavy atom. The van der Waals surface area contributed by atoms with Crippen LogP contribution in [0.15, 0.2) is 30.0 Å². The van der Waals surface area contributed by atoms with E-state index in [1.807, 2.05) is 6.07 Å². The van der Waals surface area contributed by atoms with Gasteiger partial charge in [-0.1, -0.05) is 12.1 Å². The van der Waals surface area contributed by atoms with Crippen molar-refractivity contribution in [3.8, 4) is 6.07 Å². The lowest BCUT2D eigenvalue weighted by Gasteiger charge is -1.94. The van der Waals surface area contributed by atoms with Crippen LogP contribution in [0, 0.1) is 11.3 Å². The molecule has 0 unspecified atom stereocenters. The van der Waals surface area contributed by atoms with Crippen molar-refractivity contribution in [3.05, 3.63) is 41.2 Å². The summed E-state index contributed by atoms with van der Waals surface area (Å²) in [6.07, 6.45) is 1.11. The summed E-state index contributed by atoms with van der Waals surface area (Å²) in [6.45, 7) is 0. The molecule has 0 radical (unpaired) electrons. The lowest BCUT2D eigenvalue weighted by molar-refractivity contribution is -0.135. The van der Waals surface area contributed by atoms with Crippen LogP contribution in [0.1, 0.15) is 11.1 Å². The normalized spacial score (nSPS) is 10.6. The summed E-state index contributed by atoms with van der Waals surface area (Å²) in [7, 11) is 0. The molecule has 0 fully saturated rings. The number of nitriles is 1. The summed E-state index contributed by atoms with van der Waals surface area (Å²) < 4.78 is 0. The van der Waals surface area contributed by atoms with Crippen molar-refractivity contribution in [1.82, 2.24) is 0 Å². The van der Waals surface area contributed by atoms with Gasteiger partial charge in [0.15, 0.2) is 0 Å². The number of carboxylic acids is 1. The quantitative estimate of drug-likeness (QED) is 0.546. The predicted molar refractivity (Wildman–Crippen MR) is 49.4 cm³/mol. The third kappa shape index (κ3) is 2.35. The Morgan fingerprint density at radius 3 is 2.29 bits per heavy atom. The van der Waals surface area contributed by atoms with Gasteiger partial charge < -0.3 is 10.2 Å². The molecule has 0 aliphatic heterocycles. The summed E-state index contributed by atoms with van der Waals surface area (Å²) in [5, 5.41) is 25.8. The maximum Gasteiger partial charge on any atom is 0.370 e. The van der Waals surface area contributed by atoms with E-state index in [-0.39, 0.29) is 0 Å². The zero-order valence-corrected chi connectivity index (χ0v) is 7.14. The second-order valence-corrected chi connectivity index (χ2v) is 2.57. The Kier molecular flexibility index (Phi) is 2.87. The Balaban J connectivity index is 2.95. The molecule has 0 spiro atoms. The molecule has 0 aromatic heterocycles. The third-order valence-corrected chi connectivity index (χ3v) is 1.56. The number of aliphatic hydroxyl groups is 1. The van der Waals surface area contributed by atoms with Crippen molar-refractivity contribution >= 4 is 12.0 Å². The van der Waals surface area contributed by atoms with Crippen molar-refractivity contribution in [2.45, 2.75) is 0 Å². The zero-order chi connectivity index (χ0) is 10.6. The second-order valence-electron chi connectivity index (χ2n) is 2.57. The molecule has 2 N–H and O–H groups in total. The molecule has 0 saturated heterocycles. The van der Waals surface area contributed by atoms with Gasteiger partial charge in [-0.25, -0.2) is 4.79 Å². The van der Waals surface area contributed by atoms with E-state index in [0.717, 1.165) is 6.08 Å². The monoisotopic (exact) mass is 189 g/mol. The maximum absolute atomic E-state index is 10.3. The minimum Gasteiger partial charge on any atom is -0.502 e. The van der Waals surface area contributed by atoms with E-state index < -0.39 is 11.7 Å². The van der Waals surface area contributed by atoms with Crippen LogP contribution in [0.5, 0.6) is 0 Å². The van der Waals surface area contributed by atoms with Gasteiger partial charge in [0.1, 0.15) is 0 Å². The maximum atomic E-state index is 10.3. The van der Waals surface area contributed by atoms with Crippen LogP contribution in [-0.4, -0.2) is 16.2 Å². The van der Waals surface area contributed by atoms with Crippen LogP contribution in [0.25, 0.3) is 6.08 Å². The summed E-state index contributed by atoms with van der Waals surface area (Å²) in [5.74, 6) is -2.11. The molecule has 0 atom stereocenters. The van der Waals surface area contributed by atoms with Gasteiger partial charge in [-0.2, -0.15) is 5.26 Å². The first-order valence-electron chi connectivity index (χ1n) is 3.77. The van der Waals surface area contributed by atoms with Gasteiger partial charge in [0.05, 0.1) is 11.6 Å². The van der Waals surface area contributed by atoms with Gasteiger partial charge in [0, 0.05) is 0 Å². The number of carbonyl (C=O) groups is 1. The number of hydrogen-bond donors (Lipinski definition) is 2. The minimum atomic E-state index is -1.38. The molecule has 0 aliphatic carbocycles. The van der Waals surface area contributed by atoms with Crippen LogP contribution in [0.3, 0.4) is 0 Å². The van der Waals surface area contributed by atoms with Gasteiger partial charge in [-0.05, 0) is 23.8 Å². The van der Waals surface area contributed by atoms with Gasteiger partial charge in [-0.3, -0.25) is 0 Å². The summed E-state index contributed by atoms with van der Waals surface area (Å²) in [5.41, 5.74) is 1.01. The molecular formula is C10H7NO3. The number of aliphatic hydroxyl groups excluding tert-OH is 1. The first kappa shape index (κ1) is 9.81. The number of rotatable bonds is 2. The van der Waals surface area contributed by atoms with Crippen molar-refractivity contribution in [1.29, 1.82) is 5.26 Å². The van der Waals surface area contributed by atoms with Crippen LogP contribution < -0.4 is 0 Å². The molecule has 70 valence electrons. The summed E-state index contributed by atoms with van der Waals surface area (Å²) >= 11 is 0.